The number of rotatable bonds is 4. The second-order valence-corrected chi connectivity index (χ2v) is 3.87. The highest BCUT2D eigenvalue weighted by atomic mass is 19.2. The zero-order chi connectivity index (χ0) is 10.8. The Morgan fingerprint density at radius 2 is 2.13 bits per heavy atom. The third-order valence-corrected chi connectivity index (χ3v) is 2.61. The highest BCUT2D eigenvalue weighted by molar-refractivity contribution is 5.23. The fourth-order valence-corrected chi connectivity index (χ4v) is 1.61. The van der Waals surface area contributed by atoms with Gasteiger partial charge in [0.2, 0.25) is 0 Å². The van der Waals surface area contributed by atoms with Crippen molar-refractivity contribution < 1.29 is 8.78 Å². The van der Waals surface area contributed by atoms with E-state index in [9.17, 15) is 8.78 Å². The average Bonchev–Trinajstić information content (AvgIpc) is 3.03. The van der Waals surface area contributed by atoms with Crippen LogP contribution in [-0.4, -0.2) is 12.6 Å². The first kappa shape index (κ1) is 10.5. The third kappa shape index (κ3) is 2.33. The molecule has 2 rings (SSSR count). The summed E-state index contributed by atoms with van der Waals surface area (Å²) < 4.78 is 26.4. The lowest BCUT2D eigenvalue weighted by Gasteiger charge is -2.17. The molecule has 1 atom stereocenters. The van der Waals surface area contributed by atoms with Gasteiger partial charge in [0, 0.05) is 24.2 Å². The van der Waals surface area contributed by atoms with Crippen LogP contribution in [0.5, 0.6) is 0 Å². The Morgan fingerprint density at radius 1 is 1.40 bits per heavy atom. The van der Waals surface area contributed by atoms with Gasteiger partial charge in [-0.3, -0.25) is 0 Å². The van der Waals surface area contributed by atoms with Crippen molar-refractivity contribution in [3.8, 4) is 0 Å². The van der Waals surface area contributed by atoms with E-state index < -0.39 is 11.6 Å². The quantitative estimate of drug-likeness (QED) is 0.797. The molecular weight excluding hydrogens is 198 g/mol. The van der Waals surface area contributed by atoms with Crippen LogP contribution in [0.25, 0.3) is 0 Å². The van der Waals surface area contributed by atoms with Crippen LogP contribution in [0, 0.1) is 11.6 Å². The molecule has 0 heterocycles. The molecule has 1 aliphatic rings. The van der Waals surface area contributed by atoms with Crippen LogP contribution < -0.4 is 11.1 Å². The molecule has 0 spiro atoms. The second-order valence-electron chi connectivity index (χ2n) is 3.87. The highest BCUT2D eigenvalue weighted by Crippen LogP contribution is 2.25. The van der Waals surface area contributed by atoms with Crippen molar-refractivity contribution in [2.24, 2.45) is 5.73 Å². The number of benzene rings is 1. The van der Waals surface area contributed by atoms with Gasteiger partial charge in [-0.15, -0.1) is 0 Å². The number of nitrogens with one attached hydrogen (secondary N) is 1. The predicted octanol–water partition coefficient (Wildman–Crippen LogP) is 1.72. The Balaban J connectivity index is 2.20. The monoisotopic (exact) mass is 212 g/mol. The van der Waals surface area contributed by atoms with E-state index in [-0.39, 0.29) is 12.6 Å². The lowest BCUT2D eigenvalue weighted by Crippen LogP contribution is -2.30. The van der Waals surface area contributed by atoms with E-state index >= 15 is 0 Å². The lowest BCUT2D eigenvalue weighted by atomic mass is 10.1. The SMILES string of the molecule is NCC(NC1CC1)c1cccc(F)c1F. The summed E-state index contributed by atoms with van der Waals surface area (Å²) >= 11 is 0. The van der Waals surface area contributed by atoms with Crippen molar-refractivity contribution in [1.82, 2.24) is 5.32 Å². The summed E-state index contributed by atoms with van der Waals surface area (Å²) in [5, 5.41) is 3.19. The standard InChI is InChI=1S/C11H14F2N2/c12-9-3-1-2-8(11(9)13)10(6-14)15-7-4-5-7/h1-3,7,10,15H,4-6,14H2. The average molecular weight is 212 g/mol. The highest BCUT2D eigenvalue weighted by Gasteiger charge is 2.26. The van der Waals surface area contributed by atoms with E-state index in [1.54, 1.807) is 6.07 Å². The first-order chi connectivity index (χ1) is 7.22. The molecule has 15 heavy (non-hydrogen) atoms. The molecule has 3 N–H and O–H groups in total. The molecule has 1 aromatic rings. The summed E-state index contributed by atoms with van der Waals surface area (Å²) in [6.07, 6.45) is 2.18. The fourth-order valence-electron chi connectivity index (χ4n) is 1.61. The molecule has 1 aromatic carbocycles. The number of halogens is 2. The topological polar surface area (TPSA) is 38.0 Å². The van der Waals surface area contributed by atoms with Crippen LogP contribution in [0.3, 0.4) is 0 Å². The molecule has 0 amide bonds. The lowest BCUT2D eigenvalue weighted by molar-refractivity contribution is 0.462. The van der Waals surface area contributed by atoms with E-state index in [1.807, 2.05) is 0 Å². The van der Waals surface area contributed by atoms with Crippen molar-refractivity contribution in [3.63, 3.8) is 0 Å². The zero-order valence-corrected chi connectivity index (χ0v) is 8.34. The van der Waals surface area contributed by atoms with Gasteiger partial charge >= 0.3 is 0 Å². The molecule has 2 nitrogen and oxygen atoms in total. The smallest absolute Gasteiger partial charge is 0.163 e. The summed E-state index contributed by atoms with van der Waals surface area (Å²) in [6, 6.07) is 4.33. The number of hydrogen-bond donors (Lipinski definition) is 2. The Hall–Kier alpha value is -1.00. The van der Waals surface area contributed by atoms with Crippen molar-refractivity contribution in [3.05, 3.63) is 35.4 Å². The summed E-state index contributed by atoms with van der Waals surface area (Å²) in [5.41, 5.74) is 5.87. The minimum atomic E-state index is -0.816. The molecule has 1 saturated carbocycles. The molecule has 0 aliphatic heterocycles. The van der Waals surface area contributed by atoms with E-state index in [1.165, 1.54) is 6.07 Å². The molecule has 82 valence electrons. The summed E-state index contributed by atoms with van der Waals surface area (Å²) in [4.78, 5) is 0. The van der Waals surface area contributed by atoms with E-state index in [0.717, 1.165) is 18.9 Å². The Kier molecular flexibility index (Phi) is 2.98. The van der Waals surface area contributed by atoms with Crippen LogP contribution in [0.4, 0.5) is 8.78 Å². The fraction of sp³-hybridized carbons (Fsp3) is 0.455. The van der Waals surface area contributed by atoms with Crippen LogP contribution in [-0.2, 0) is 0 Å². The number of nitrogens with two attached hydrogens (primary N) is 1. The molecular formula is C11H14F2N2. The van der Waals surface area contributed by atoms with Gasteiger partial charge in [-0.05, 0) is 18.9 Å². The van der Waals surface area contributed by atoms with Crippen molar-refractivity contribution >= 4 is 0 Å². The summed E-state index contributed by atoms with van der Waals surface area (Å²) in [5.74, 6) is -1.61. The summed E-state index contributed by atoms with van der Waals surface area (Å²) in [7, 11) is 0. The van der Waals surface area contributed by atoms with Crippen molar-refractivity contribution in [1.29, 1.82) is 0 Å². The van der Waals surface area contributed by atoms with Crippen LogP contribution in [0.2, 0.25) is 0 Å². The predicted molar refractivity (Wildman–Crippen MR) is 54.3 cm³/mol. The Labute approximate surface area is 87.5 Å². The number of hydrogen-bond acceptors (Lipinski definition) is 2. The Morgan fingerprint density at radius 3 is 2.73 bits per heavy atom. The van der Waals surface area contributed by atoms with Crippen molar-refractivity contribution in [2.75, 3.05) is 6.54 Å². The van der Waals surface area contributed by atoms with Gasteiger partial charge in [-0.2, -0.15) is 0 Å². The van der Waals surface area contributed by atoms with Crippen LogP contribution in [0.15, 0.2) is 18.2 Å². The summed E-state index contributed by atoms with van der Waals surface area (Å²) in [6.45, 7) is 0.275. The molecule has 1 unspecified atom stereocenters. The van der Waals surface area contributed by atoms with Gasteiger partial charge in [-0.1, -0.05) is 12.1 Å². The van der Waals surface area contributed by atoms with E-state index in [2.05, 4.69) is 5.32 Å². The molecule has 0 radical (unpaired) electrons. The normalized spacial score (nSPS) is 17.8. The second kappa shape index (κ2) is 4.24. The van der Waals surface area contributed by atoms with Crippen LogP contribution >= 0.6 is 0 Å². The first-order valence-electron chi connectivity index (χ1n) is 5.12. The molecule has 0 bridgehead atoms. The largest absolute Gasteiger partial charge is 0.329 e. The maximum absolute atomic E-state index is 13.4. The van der Waals surface area contributed by atoms with Gasteiger partial charge in [0.15, 0.2) is 11.6 Å². The van der Waals surface area contributed by atoms with Gasteiger partial charge in [0.1, 0.15) is 0 Å². The Bertz CT molecular complexity index is 350. The molecule has 1 aliphatic carbocycles. The van der Waals surface area contributed by atoms with Gasteiger partial charge in [-0.25, -0.2) is 8.78 Å². The minimum absolute atomic E-state index is 0.275. The third-order valence-electron chi connectivity index (χ3n) is 2.61. The molecule has 0 aromatic heterocycles. The molecule has 4 heteroatoms. The van der Waals surface area contributed by atoms with Crippen molar-refractivity contribution in [2.45, 2.75) is 24.9 Å². The molecule has 0 saturated heterocycles. The van der Waals surface area contributed by atoms with Gasteiger partial charge in [0.05, 0.1) is 0 Å². The maximum atomic E-state index is 13.4. The molecule has 1 fully saturated rings. The van der Waals surface area contributed by atoms with E-state index in [0.29, 0.717) is 11.6 Å². The first-order valence-corrected chi connectivity index (χ1v) is 5.12. The van der Waals surface area contributed by atoms with Gasteiger partial charge in [0.25, 0.3) is 0 Å². The zero-order valence-electron chi connectivity index (χ0n) is 8.34. The van der Waals surface area contributed by atoms with E-state index in [4.69, 9.17) is 5.73 Å². The van der Waals surface area contributed by atoms with Gasteiger partial charge < -0.3 is 11.1 Å². The maximum Gasteiger partial charge on any atom is 0.163 e. The minimum Gasteiger partial charge on any atom is -0.329 e. The van der Waals surface area contributed by atoms with Crippen LogP contribution in [0.1, 0.15) is 24.4 Å².